The van der Waals surface area contributed by atoms with Gasteiger partial charge in [0.25, 0.3) is 0 Å². The SMILES string of the molecule is CC(C)CC1NC(=O)C(C(C)(C)C)NC(=O)C2CCCN2C(=O)C(CC(=O)O)NC(=O)C(Cc2c(Br)[nH]c3ccccc23)NC1=O. The topological polar surface area (TPSA) is 190 Å². The fourth-order valence-corrected chi connectivity index (χ4v) is 6.66. The zero-order chi connectivity index (χ0) is 33.9. The first-order valence-corrected chi connectivity index (χ1v) is 16.3. The Morgan fingerprint density at radius 1 is 0.935 bits per heavy atom. The third-order valence-corrected chi connectivity index (χ3v) is 9.07. The van der Waals surface area contributed by atoms with Crippen LogP contribution < -0.4 is 21.3 Å². The summed E-state index contributed by atoms with van der Waals surface area (Å²) in [7, 11) is 0. The molecule has 4 rings (SSSR count). The van der Waals surface area contributed by atoms with Crippen LogP contribution in [-0.2, 0) is 35.2 Å². The molecule has 2 aliphatic heterocycles. The van der Waals surface area contributed by atoms with Crippen LogP contribution in [0.15, 0.2) is 28.9 Å². The number of carboxylic acids is 1. The van der Waals surface area contributed by atoms with Crippen LogP contribution >= 0.6 is 15.9 Å². The molecule has 0 saturated carbocycles. The first kappa shape index (κ1) is 34.9. The number of aliphatic carboxylic acids is 1. The second kappa shape index (κ2) is 14.2. The molecule has 2 aromatic rings. The normalized spacial score (nSPS) is 25.3. The zero-order valence-corrected chi connectivity index (χ0v) is 28.3. The molecule has 0 bridgehead atoms. The van der Waals surface area contributed by atoms with Crippen LogP contribution in [0.5, 0.6) is 0 Å². The summed E-state index contributed by atoms with van der Waals surface area (Å²) in [6.45, 7) is 9.29. The number of rotatable bonds is 6. The molecule has 46 heavy (non-hydrogen) atoms. The Bertz CT molecular complexity index is 1520. The average Bonchev–Trinajstić information content (AvgIpc) is 3.57. The first-order valence-electron chi connectivity index (χ1n) is 15.6. The lowest BCUT2D eigenvalue weighted by Crippen LogP contribution is -2.60. The molecular weight excluding hydrogens is 660 g/mol. The number of hydrogen-bond donors (Lipinski definition) is 6. The number of halogens is 1. The van der Waals surface area contributed by atoms with E-state index in [1.807, 2.05) is 38.1 Å². The van der Waals surface area contributed by atoms with Crippen molar-refractivity contribution in [2.45, 2.75) is 96.9 Å². The predicted molar refractivity (Wildman–Crippen MR) is 173 cm³/mol. The molecule has 3 heterocycles. The van der Waals surface area contributed by atoms with Crippen molar-refractivity contribution in [2.75, 3.05) is 6.54 Å². The maximum absolute atomic E-state index is 14.0. The van der Waals surface area contributed by atoms with Gasteiger partial charge in [-0.3, -0.25) is 28.8 Å². The van der Waals surface area contributed by atoms with Crippen LogP contribution in [0.2, 0.25) is 0 Å². The Kier molecular flexibility index (Phi) is 10.8. The van der Waals surface area contributed by atoms with Gasteiger partial charge in [0.15, 0.2) is 0 Å². The zero-order valence-electron chi connectivity index (χ0n) is 26.7. The van der Waals surface area contributed by atoms with Crippen molar-refractivity contribution in [3.63, 3.8) is 0 Å². The van der Waals surface area contributed by atoms with Crippen molar-refractivity contribution < 1.29 is 33.9 Å². The van der Waals surface area contributed by atoms with E-state index in [1.165, 1.54) is 4.90 Å². The summed E-state index contributed by atoms with van der Waals surface area (Å²) in [4.78, 5) is 85.4. The first-order chi connectivity index (χ1) is 21.6. The lowest BCUT2D eigenvalue weighted by Gasteiger charge is -2.34. The number of nitrogens with one attached hydrogen (secondary N) is 5. The summed E-state index contributed by atoms with van der Waals surface area (Å²) in [6.07, 6.45) is 0.276. The Morgan fingerprint density at radius 2 is 1.57 bits per heavy atom. The van der Waals surface area contributed by atoms with Crippen molar-refractivity contribution in [1.29, 1.82) is 0 Å². The van der Waals surface area contributed by atoms with E-state index in [-0.39, 0.29) is 25.3 Å². The van der Waals surface area contributed by atoms with Crippen molar-refractivity contribution in [1.82, 2.24) is 31.2 Å². The molecule has 5 amide bonds. The van der Waals surface area contributed by atoms with Gasteiger partial charge in [-0.2, -0.15) is 0 Å². The quantitative estimate of drug-likeness (QED) is 0.265. The highest BCUT2D eigenvalue weighted by molar-refractivity contribution is 9.10. The molecule has 5 atom stereocenters. The molecule has 250 valence electrons. The van der Waals surface area contributed by atoms with Gasteiger partial charge in [0.1, 0.15) is 30.2 Å². The second-order valence-electron chi connectivity index (χ2n) is 13.6. The van der Waals surface area contributed by atoms with Crippen LogP contribution in [0.3, 0.4) is 0 Å². The number of carboxylic acid groups (broad SMARTS) is 1. The number of aromatic amines is 1. The minimum absolute atomic E-state index is 0.0184. The molecular formula is C32H43BrN6O7. The number of carbonyl (C=O) groups excluding carboxylic acids is 5. The molecule has 1 aromatic heterocycles. The van der Waals surface area contributed by atoms with Crippen LogP contribution in [-0.4, -0.2) is 87.2 Å². The van der Waals surface area contributed by atoms with E-state index in [1.54, 1.807) is 20.8 Å². The van der Waals surface area contributed by atoms with Gasteiger partial charge in [-0.15, -0.1) is 0 Å². The number of H-pyrrole nitrogens is 1. The number of aromatic nitrogens is 1. The highest BCUT2D eigenvalue weighted by atomic mass is 79.9. The van der Waals surface area contributed by atoms with E-state index in [2.05, 4.69) is 42.2 Å². The van der Waals surface area contributed by atoms with Crippen LogP contribution in [0.4, 0.5) is 0 Å². The average molecular weight is 704 g/mol. The summed E-state index contributed by atoms with van der Waals surface area (Å²) in [6, 6.07) is 1.58. The maximum Gasteiger partial charge on any atom is 0.305 e. The highest BCUT2D eigenvalue weighted by Gasteiger charge is 2.43. The van der Waals surface area contributed by atoms with E-state index >= 15 is 0 Å². The number of nitrogens with zero attached hydrogens (tertiary/aromatic N) is 1. The maximum atomic E-state index is 14.0. The Morgan fingerprint density at radius 3 is 2.22 bits per heavy atom. The van der Waals surface area contributed by atoms with E-state index in [0.717, 1.165) is 10.9 Å². The van der Waals surface area contributed by atoms with Gasteiger partial charge in [-0.1, -0.05) is 52.8 Å². The molecule has 13 nitrogen and oxygen atoms in total. The van der Waals surface area contributed by atoms with E-state index in [0.29, 0.717) is 23.0 Å². The largest absolute Gasteiger partial charge is 0.481 e. The molecule has 5 unspecified atom stereocenters. The predicted octanol–water partition coefficient (Wildman–Crippen LogP) is 1.98. The number of benzene rings is 1. The second-order valence-corrected chi connectivity index (χ2v) is 14.4. The lowest BCUT2D eigenvalue weighted by molar-refractivity contribution is -0.146. The summed E-state index contributed by atoms with van der Waals surface area (Å²) >= 11 is 3.52. The van der Waals surface area contributed by atoms with Gasteiger partial charge in [-0.25, -0.2) is 0 Å². The fourth-order valence-electron chi connectivity index (χ4n) is 6.07. The molecule has 0 radical (unpaired) electrons. The van der Waals surface area contributed by atoms with Gasteiger partial charge in [0, 0.05) is 23.9 Å². The molecule has 6 N–H and O–H groups in total. The standard InChI is InChI=1S/C32H43BrN6O7/c1-16(2)13-20-27(42)35-21(14-18-17-9-6-7-10-19(17)34-26(18)33)28(43)37-22(15-24(40)41)31(46)39-12-8-11-23(39)29(44)38-25(30(45)36-20)32(3,4)5/h6-7,9-10,16,20-23,25,34H,8,11-15H2,1-5H3,(H,35,42)(H,36,45)(H,37,43)(H,38,44)(H,40,41). The molecule has 2 saturated heterocycles. The molecule has 1 aromatic carbocycles. The number of fused-ring (bicyclic) bond motifs is 2. The van der Waals surface area contributed by atoms with Gasteiger partial charge in [0.2, 0.25) is 29.5 Å². The van der Waals surface area contributed by atoms with Crippen LogP contribution in [0.25, 0.3) is 10.9 Å². The van der Waals surface area contributed by atoms with E-state index in [9.17, 15) is 33.9 Å². The summed E-state index contributed by atoms with van der Waals surface area (Å²) in [5.74, 6) is -4.62. The number of para-hydroxylation sites is 1. The van der Waals surface area contributed by atoms with Gasteiger partial charge >= 0.3 is 5.97 Å². The molecule has 2 aliphatic rings. The summed E-state index contributed by atoms with van der Waals surface area (Å²) < 4.78 is 0.592. The van der Waals surface area contributed by atoms with Crippen molar-refractivity contribution in [3.05, 3.63) is 34.4 Å². The third-order valence-electron chi connectivity index (χ3n) is 8.39. The monoisotopic (exact) mass is 702 g/mol. The van der Waals surface area contributed by atoms with E-state index in [4.69, 9.17) is 0 Å². The lowest BCUT2D eigenvalue weighted by atomic mass is 9.85. The van der Waals surface area contributed by atoms with E-state index < -0.39 is 77.6 Å². The summed E-state index contributed by atoms with van der Waals surface area (Å²) in [5.41, 5.74) is 0.706. The minimum atomic E-state index is -1.50. The molecule has 0 spiro atoms. The van der Waals surface area contributed by atoms with Gasteiger partial charge in [-0.05, 0) is 58.2 Å². The smallest absolute Gasteiger partial charge is 0.305 e. The fraction of sp³-hybridized carbons (Fsp3) is 0.562. The van der Waals surface area contributed by atoms with Gasteiger partial charge < -0.3 is 36.3 Å². The third kappa shape index (κ3) is 8.06. The molecule has 2 fully saturated rings. The van der Waals surface area contributed by atoms with Crippen molar-refractivity contribution in [2.24, 2.45) is 11.3 Å². The van der Waals surface area contributed by atoms with Crippen molar-refractivity contribution >= 4 is 62.3 Å². The minimum Gasteiger partial charge on any atom is -0.481 e. The Balaban J connectivity index is 1.80. The Labute approximate surface area is 276 Å². The summed E-state index contributed by atoms with van der Waals surface area (Å²) in [5, 5.41) is 21.4. The van der Waals surface area contributed by atoms with Gasteiger partial charge in [0.05, 0.1) is 11.0 Å². The highest BCUT2D eigenvalue weighted by Crippen LogP contribution is 2.28. The number of carbonyl (C=O) groups is 6. The van der Waals surface area contributed by atoms with Crippen LogP contribution in [0, 0.1) is 11.3 Å². The van der Waals surface area contributed by atoms with Crippen LogP contribution in [0.1, 0.15) is 65.9 Å². The molecule has 0 aliphatic carbocycles. The number of hydrogen-bond acceptors (Lipinski definition) is 6. The molecule has 14 heteroatoms. The Hall–Kier alpha value is -3.94. The van der Waals surface area contributed by atoms with Crippen molar-refractivity contribution in [3.8, 4) is 0 Å². The number of amides is 5.